The fourth-order valence-corrected chi connectivity index (χ4v) is 8.82. The van der Waals surface area contributed by atoms with Gasteiger partial charge in [-0.05, 0) is 84.6 Å². The zero-order valence-corrected chi connectivity index (χ0v) is 32.3. The molecule has 2 aliphatic heterocycles. The molecule has 15 heteroatoms. The van der Waals surface area contributed by atoms with Gasteiger partial charge in [-0.1, -0.05) is 48.0 Å². The lowest BCUT2D eigenvalue weighted by atomic mass is 9.92. The number of pyridine rings is 1. The zero-order chi connectivity index (χ0) is 37.0. The van der Waals surface area contributed by atoms with Gasteiger partial charge in [0.05, 0.1) is 15.5 Å². The van der Waals surface area contributed by atoms with Crippen LogP contribution in [0.15, 0.2) is 119 Å². The molecule has 5 aromatic rings. The molecule has 2 aliphatic rings. The van der Waals surface area contributed by atoms with Crippen LogP contribution in [0.5, 0.6) is 0 Å². The van der Waals surface area contributed by atoms with E-state index in [4.69, 9.17) is 16.6 Å². The van der Waals surface area contributed by atoms with E-state index in [1.165, 1.54) is 12.1 Å². The summed E-state index contributed by atoms with van der Waals surface area (Å²) in [4.78, 5) is 34.7. The second kappa shape index (κ2) is 17.2. The van der Waals surface area contributed by atoms with Crippen LogP contribution in [0.4, 0.5) is 17.1 Å². The van der Waals surface area contributed by atoms with Crippen LogP contribution in [0.25, 0.3) is 11.1 Å². The number of sulfonamides is 1. The molecule has 1 saturated heterocycles. The van der Waals surface area contributed by atoms with Gasteiger partial charge in [0.15, 0.2) is 0 Å². The number of aromatic nitrogens is 1. The Labute approximate surface area is 329 Å². The van der Waals surface area contributed by atoms with E-state index in [2.05, 4.69) is 25.9 Å². The first-order chi connectivity index (χ1) is 25.6. The SMILES string of the molecule is Cl.O=C(NS(=O)(=O)c1ccc(NCCSc2ccccc2)c([N+](=O)[O-])c1)c1ccc2c(c1)CC[C@H]1CN(Cc3ncccc3-c3ccc(Cl)cc3)CCN21. The summed E-state index contributed by atoms with van der Waals surface area (Å²) >= 11 is 7.71. The maximum Gasteiger partial charge on any atom is 0.293 e. The van der Waals surface area contributed by atoms with Crippen molar-refractivity contribution in [2.45, 2.75) is 35.2 Å². The largest absolute Gasteiger partial charge is 0.379 e. The minimum Gasteiger partial charge on any atom is -0.379 e. The molecule has 54 heavy (non-hydrogen) atoms. The number of rotatable bonds is 12. The molecule has 0 spiro atoms. The number of halogens is 2. The first-order valence-corrected chi connectivity index (χ1v) is 20.1. The molecule has 1 amide bonds. The second-order valence-electron chi connectivity index (χ2n) is 12.9. The molecule has 3 heterocycles. The highest BCUT2D eigenvalue weighted by Gasteiger charge is 2.33. The van der Waals surface area contributed by atoms with Crippen molar-refractivity contribution < 1.29 is 18.1 Å². The zero-order valence-electron chi connectivity index (χ0n) is 29.1. The first kappa shape index (κ1) is 39.0. The monoisotopic (exact) mass is 804 g/mol. The Balaban J connectivity index is 0.00000497. The number of nitrogens with one attached hydrogen (secondary N) is 2. The molecule has 1 fully saturated rings. The summed E-state index contributed by atoms with van der Waals surface area (Å²) in [5.74, 6) is -0.151. The number of nitrogens with zero attached hydrogens (tertiary/aromatic N) is 4. The Bertz CT molecular complexity index is 2250. The standard InChI is InChI=1S/C39H37ClN6O5S2.ClH/c40-30-12-8-27(9-13-30)34-7-4-18-41-36(34)26-44-20-21-45-31(25-44)14-10-28-23-29(11-17-37(28)45)39(47)43-53(50,51)33-15-16-35(38(24-33)46(48)49)42-19-22-52-32-5-2-1-3-6-32;/h1-9,11-13,15-18,23-24,31,42H,10,14,19-22,25-26H2,(H,43,47);1H/t31-;/m0./s1. The average Bonchev–Trinajstić information content (AvgIpc) is 3.17. The summed E-state index contributed by atoms with van der Waals surface area (Å²) in [5, 5.41) is 15.6. The normalized spacial score (nSPS) is 15.4. The number of aryl methyl sites for hydroxylation is 1. The number of carbonyl (C=O) groups is 1. The van der Waals surface area contributed by atoms with Crippen molar-refractivity contribution in [3.05, 3.63) is 141 Å². The number of nitro groups is 1. The Morgan fingerprint density at radius 2 is 1.78 bits per heavy atom. The summed E-state index contributed by atoms with van der Waals surface area (Å²) in [5.41, 5.74) is 5.21. The van der Waals surface area contributed by atoms with Gasteiger partial charge in [0, 0.05) is 83.5 Å². The number of nitro benzene ring substituents is 1. The van der Waals surface area contributed by atoms with Crippen LogP contribution in [0.3, 0.4) is 0 Å². The summed E-state index contributed by atoms with van der Waals surface area (Å²) in [6.45, 7) is 3.65. The van der Waals surface area contributed by atoms with Gasteiger partial charge in [-0.2, -0.15) is 0 Å². The van der Waals surface area contributed by atoms with Crippen molar-refractivity contribution in [1.82, 2.24) is 14.6 Å². The molecule has 1 atom stereocenters. The van der Waals surface area contributed by atoms with E-state index in [1.807, 2.05) is 72.9 Å². The quantitative estimate of drug-likeness (QED) is 0.0559. The number of piperazine rings is 1. The summed E-state index contributed by atoms with van der Waals surface area (Å²) in [6, 6.07) is 30.7. The Kier molecular flexibility index (Phi) is 12.4. The van der Waals surface area contributed by atoms with E-state index in [1.54, 1.807) is 23.9 Å². The molecular formula is C39H38Cl2N6O5S2. The van der Waals surface area contributed by atoms with E-state index in [0.29, 0.717) is 17.3 Å². The van der Waals surface area contributed by atoms with Gasteiger partial charge in [0.25, 0.3) is 21.6 Å². The number of benzene rings is 4. The fourth-order valence-electron chi connectivity index (χ4n) is 6.92. The molecular weight excluding hydrogens is 768 g/mol. The third-order valence-electron chi connectivity index (χ3n) is 9.52. The number of thioether (sulfide) groups is 1. The number of hydrogen-bond acceptors (Lipinski definition) is 10. The van der Waals surface area contributed by atoms with Crippen molar-refractivity contribution >= 4 is 68.8 Å². The van der Waals surface area contributed by atoms with Gasteiger partial charge in [0.1, 0.15) is 5.69 Å². The van der Waals surface area contributed by atoms with Gasteiger partial charge in [0.2, 0.25) is 0 Å². The molecule has 0 saturated carbocycles. The first-order valence-electron chi connectivity index (χ1n) is 17.2. The van der Waals surface area contributed by atoms with Gasteiger partial charge >= 0.3 is 0 Å². The molecule has 7 rings (SSSR count). The highest BCUT2D eigenvalue weighted by Crippen LogP contribution is 2.35. The average molecular weight is 806 g/mol. The summed E-state index contributed by atoms with van der Waals surface area (Å²) in [7, 11) is -4.40. The third-order valence-corrected chi connectivity index (χ3v) is 12.1. The molecule has 11 nitrogen and oxygen atoms in total. The highest BCUT2D eigenvalue weighted by atomic mass is 35.5. The van der Waals surface area contributed by atoms with Crippen molar-refractivity contribution in [2.24, 2.45) is 0 Å². The number of anilines is 2. The van der Waals surface area contributed by atoms with Crippen LogP contribution >= 0.6 is 35.8 Å². The molecule has 4 aromatic carbocycles. The Morgan fingerprint density at radius 1 is 0.981 bits per heavy atom. The van der Waals surface area contributed by atoms with Crippen LogP contribution in [-0.2, 0) is 23.0 Å². The smallest absolute Gasteiger partial charge is 0.293 e. The molecule has 0 bridgehead atoms. The van der Waals surface area contributed by atoms with E-state index in [0.717, 1.165) is 78.1 Å². The Hall–Kier alpha value is -4.66. The summed E-state index contributed by atoms with van der Waals surface area (Å²) < 4.78 is 28.7. The van der Waals surface area contributed by atoms with Crippen molar-refractivity contribution in [3.63, 3.8) is 0 Å². The number of hydrogen-bond donors (Lipinski definition) is 2. The predicted octanol–water partition coefficient (Wildman–Crippen LogP) is 7.69. The van der Waals surface area contributed by atoms with E-state index in [9.17, 15) is 23.3 Å². The maximum atomic E-state index is 13.3. The number of carbonyl (C=O) groups excluding carboxylic acids is 1. The lowest BCUT2D eigenvalue weighted by Gasteiger charge is -2.46. The molecule has 280 valence electrons. The number of amides is 1. The fraction of sp³-hybridized carbons (Fsp3) is 0.231. The third kappa shape index (κ3) is 8.99. The molecule has 0 unspecified atom stereocenters. The van der Waals surface area contributed by atoms with E-state index < -0.39 is 26.5 Å². The van der Waals surface area contributed by atoms with Crippen LogP contribution in [-0.4, -0.2) is 67.1 Å². The van der Waals surface area contributed by atoms with E-state index in [-0.39, 0.29) is 34.6 Å². The van der Waals surface area contributed by atoms with Crippen LogP contribution in [0.2, 0.25) is 5.02 Å². The number of fused-ring (bicyclic) bond motifs is 3. The Morgan fingerprint density at radius 3 is 2.56 bits per heavy atom. The van der Waals surface area contributed by atoms with Crippen LogP contribution in [0, 0.1) is 10.1 Å². The van der Waals surface area contributed by atoms with Crippen LogP contribution in [0.1, 0.15) is 28.0 Å². The van der Waals surface area contributed by atoms with Gasteiger partial charge < -0.3 is 10.2 Å². The van der Waals surface area contributed by atoms with Crippen molar-refractivity contribution in [3.8, 4) is 11.1 Å². The minimum atomic E-state index is -4.40. The maximum absolute atomic E-state index is 13.3. The predicted molar refractivity (Wildman–Crippen MR) is 217 cm³/mol. The summed E-state index contributed by atoms with van der Waals surface area (Å²) in [6.07, 6.45) is 3.45. The molecule has 1 aromatic heterocycles. The van der Waals surface area contributed by atoms with E-state index >= 15 is 0 Å². The van der Waals surface area contributed by atoms with Gasteiger partial charge in [-0.25, -0.2) is 13.1 Å². The molecule has 0 radical (unpaired) electrons. The van der Waals surface area contributed by atoms with Crippen molar-refractivity contribution in [2.75, 3.05) is 42.1 Å². The van der Waals surface area contributed by atoms with Gasteiger partial charge in [-0.3, -0.25) is 24.8 Å². The van der Waals surface area contributed by atoms with Crippen LogP contribution < -0.4 is 14.9 Å². The minimum absolute atomic E-state index is 0. The lowest BCUT2D eigenvalue weighted by Crippen LogP contribution is -2.54. The van der Waals surface area contributed by atoms with Gasteiger partial charge in [-0.15, -0.1) is 24.2 Å². The molecule has 2 N–H and O–H groups in total. The highest BCUT2D eigenvalue weighted by molar-refractivity contribution is 7.99. The second-order valence-corrected chi connectivity index (χ2v) is 16.2. The topological polar surface area (TPSA) is 138 Å². The lowest BCUT2D eigenvalue weighted by molar-refractivity contribution is -0.384. The molecule has 0 aliphatic carbocycles. The van der Waals surface area contributed by atoms with Crippen molar-refractivity contribution in [1.29, 1.82) is 0 Å².